The smallest absolute Gasteiger partial charge is 0.407 e. The van der Waals surface area contributed by atoms with Crippen LogP contribution in [0.4, 0.5) is 42.7 Å². The highest BCUT2D eigenvalue weighted by Gasteiger charge is 2.46. The summed E-state index contributed by atoms with van der Waals surface area (Å²) in [6, 6.07) is -3.69. The molecule has 8 heterocycles. The molecule has 3 saturated carbocycles. The van der Waals surface area contributed by atoms with Gasteiger partial charge < -0.3 is 102 Å². The third kappa shape index (κ3) is 11.2. The molecule has 78 heavy (non-hydrogen) atoms. The summed E-state index contributed by atoms with van der Waals surface area (Å²) >= 11 is 0. The van der Waals surface area contributed by atoms with Gasteiger partial charge in [-0.1, -0.05) is 0 Å². The average Bonchev–Trinajstić information content (AvgIpc) is 4.35. The van der Waals surface area contributed by atoms with Crippen molar-refractivity contribution in [3.05, 3.63) is 12.7 Å². The highest BCUT2D eigenvalue weighted by molar-refractivity contribution is 5.86. The Bertz CT molecular complexity index is 2620. The molecule has 14 N–H and O–H groups in total. The zero-order valence-corrected chi connectivity index (χ0v) is 43.7. The maximum Gasteiger partial charge on any atom is 0.407 e. The summed E-state index contributed by atoms with van der Waals surface area (Å²) in [6.45, 7) is 5.23. The van der Waals surface area contributed by atoms with Crippen molar-refractivity contribution in [3.63, 3.8) is 0 Å². The number of fused-ring (bicyclic) bond motifs is 2. The molecule has 3 aliphatic carbocycles. The monoisotopic (exact) mass is 1090 g/mol. The van der Waals surface area contributed by atoms with Crippen molar-refractivity contribution in [2.45, 2.75) is 149 Å². The average molecular weight is 1090 g/mol. The van der Waals surface area contributed by atoms with Gasteiger partial charge in [0.2, 0.25) is 11.9 Å². The first kappa shape index (κ1) is 53.2. The number of ether oxygens (including phenoxy) is 2. The van der Waals surface area contributed by atoms with Gasteiger partial charge in [0.25, 0.3) is 0 Å². The van der Waals surface area contributed by atoms with Gasteiger partial charge in [-0.3, -0.25) is 0 Å². The SMILES string of the molecule is COC(=O)N[C@H]1C[C@@H](n2cnc3c(N[C@H]4CC[C@H](Nc5nc(N6CC[C@@H](NC(=O)N[C@@H]7CCNC7)C6)nc6c5ncn6[C@@H]5C[C@H](NC(=O)OC)[C@@H](O)[C@H]5O)CC4)nc(N4CC[C@@H](NC(=O)N[C@@H]5CCNC5)C4)nc32)[C@H](O)[C@@H]1O. The molecule has 11 rings (SSSR count). The highest BCUT2D eigenvalue weighted by atomic mass is 16.5. The first-order valence-corrected chi connectivity index (χ1v) is 27.3. The second kappa shape index (κ2) is 22.8. The molecular formula is C48H72N20O10. The molecule has 7 fully saturated rings. The standard InChI is InChI=1S/C48H72N20O10/c1-77-47(75)59-29-15-31(37(71)35(29)69)67-21-51-33-39(61-43(63-41(33)67)65-13-9-27(19-65)57-45(73)55-25-7-11-49-17-25)53-23-3-5-24(6-4-23)54-40-34-42(68(22-52-34)32-16-30(36(70)38(32)72)60-48(76)78-2)64-44(62-40)66-14-10-28(20-66)58-46(74)56-26-8-12-50-18-26/h21-32,35-38,49-50,69-72H,3-20H2,1-2H3,(H,59,75)(H,60,76)(H,53,61,63)(H,54,62,64)(H2,55,57,73)(H2,56,58,74)/t23-,24-,25-,26-,27-,28-,29+,30+,31-,32-,35-,36-,37+,38+/m1/s1. The minimum atomic E-state index is -1.28. The third-order valence-corrected chi connectivity index (χ3v) is 16.6. The molecule has 0 unspecified atom stereocenters. The molecule has 30 nitrogen and oxygen atoms in total. The lowest BCUT2D eigenvalue weighted by Gasteiger charge is -2.31. The van der Waals surface area contributed by atoms with Crippen LogP contribution in [0, 0.1) is 0 Å². The van der Waals surface area contributed by atoms with Crippen molar-refractivity contribution in [3.8, 4) is 0 Å². The van der Waals surface area contributed by atoms with E-state index in [1.54, 1.807) is 21.8 Å². The number of nitrogens with one attached hydrogen (secondary N) is 10. The number of aliphatic hydroxyl groups excluding tert-OH is 4. The van der Waals surface area contributed by atoms with Gasteiger partial charge in [0, 0.05) is 75.5 Å². The van der Waals surface area contributed by atoms with Crippen molar-refractivity contribution in [2.75, 3.05) is 87.0 Å². The number of carbonyl (C=O) groups is 4. The van der Waals surface area contributed by atoms with Gasteiger partial charge in [-0.25, -0.2) is 29.1 Å². The number of amides is 6. The van der Waals surface area contributed by atoms with E-state index in [1.165, 1.54) is 14.2 Å². The minimum Gasteiger partial charge on any atom is -0.453 e. The molecule has 6 amide bonds. The number of nitrogens with zero attached hydrogens (tertiary/aromatic N) is 10. The molecule has 30 heteroatoms. The van der Waals surface area contributed by atoms with E-state index >= 15 is 0 Å². The summed E-state index contributed by atoms with van der Waals surface area (Å²) < 4.78 is 13.0. The summed E-state index contributed by atoms with van der Waals surface area (Å²) in [5.41, 5.74) is 1.79. The van der Waals surface area contributed by atoms with Crippen molar-refractivity contribution >= 4 is 70.1 Å². The van der Waals surface area contributed by atoms with Gasteiger partial charge in [-0.15, -0.1) is 0 Å². The van der Waals surface area contributed by atoms with E-state index in [0.717, 1.165) is 39.0 Å². The number of hydrogen-bond donors (Lipinski definition) is 14. The molecule has 4 aliphatic heterocycles. The Labute approximate surface area is 448 Å². The Hall–Kier alpha value is -6.86. The van der Waals surface area contributed by atoms with Crippen LogP contribution in [-0.4, -0.2) is 223 Å². The molecule has 0 aromatic carbocycles. The Morgan fingerprint density at radius 1 is 0.526 bits per heavy atom. The molecule has 4 aromatic heterocycles. The minimum absolute atomic E-state index is 0.0494. The van der Waals surface area contributed by atoms with Crippen LogP contribution in [0.25, 0.3) is 22.3 Å². The Balaban J connectivity index is 0.817. The molecule has 0 radical (unpaired) electrons. The topological polar surface area (TPSA) is 382 Å². The lowest BCUT2D eigenvalue weighted by Crippen LogP contribution is -2.47. The van der Waals surface area contributed by atoms with Gasteiger partial charge in [0.1, 0.15) is 24.4 Å². The van der Waals surface area contributed by atoms with Crippen LogP contribution >= 0.6 is 0 Å². The number of aliphatic hydroxyl groups is 4. The maximum absolute atomic E-state index is 13.0. The molecule has 4 saturated heterocycles. The number of urea groups is 2. The molecule has 424 valence electrons. The van der Waals surface area contributed by atoms with Gasteiger partial charge >= 0.3 is 24.2 Å². The van der Waals surface area contributed by atoms with Gasteiger partial charge in [-0.2, -0.15) is 19.9 Å². The molecule has 0 bridgehead atoms. The van der Waals surface area contributed by atoms with E-state index in [2.05, 4.69) is 53.2 Å². The molecular weight excluding hydrogens is 1020 g/mol. The second-order valence-corrected chi connectivity index (χ2v) is 21.8. The Kier molecular flexibility index (Phi) is 15.6. The van der Waals surface area contributed by atoms with E-state index in [1.807, 2.05) is 9.80 Å². The normalized spacial score (nSPS) is 31.9. The fraction of sp³-hybridized carbons (Fsp3) is 0.708. The Morgan fingerprint density at radius 2 is 0.936 bits per heavy atom. The summed E-state index contributed by atoms with van der Waals surface area (Å²) in [7, 11) is 2.46. The van der Waals surface area contributed by atoms with Crippen LogP contribution in [0.5, 0.6) is 0 Å². The van der Waals surface area contributed by atoms with Gasteiger partial charge in [0.05, 0.1) is 51.0 Å². The van der Waals surface area contributed by atoms with Crippen molar-refractivity contribution in [1.29, 1.82) is 0 Å². The van der Waals surface area contributed by atoms with E-state index in [-0.39, 0.29) is 61.2 Å². The summed E-state index contributed by atoms with van der Waals surface area (Å²) in [4.78, 5) is 84.0. The summed E-state index contributed by atoms with van der Waals surface area (Å²) in [6.07, 6.45) is 2.88. The van der Waals surface area contributed by atoms with Crippen LogP contribution in [0.15, 0.2) is 12.7 Å². The molecule has 4 aromatic rings. The zero-order chi connectivity index (χ0) is 54.2. The number of imidazole rings is 2. The highest BCUT2D eigenvalue weighted by Crippen LogP contribution is 2.38. The summed E-state index contributed by atoms with van der Waals surface area (Å²) in [5.74, 6) is 1.80. The van der Waals surface area contributed by atoms with Crippen molar-refractivity contribution < 1.29 is 49.1 Å². The number of carbonyl (C=O) groups excluding carboxylic acids is 4. The fourth-order valence-corrected chi connectivity index (χ4v) is 12.3. The second-order valence-electron chi connectivity index (χ2n) is 21.8. The van der Waals surface area contributed by atoms with Crippen LogP contribution in [0.2, 0.25) is 0 Å². The number of alkyl carbamates (subject to hydrolysis) is 2. The van der Waals surface area contributed by atoms with Crippen molar-refractivity contribution in [1.82, 2.24) is 81.6 Å². The first-order valence-electron chi connectivity index (χ1n) is 27.3. The molecule has 0 spiro atoms. The predicted octanol–water partition coefficient (Wildman–Crippen LogP) is -1.94. The third-order valence-electron chi connectivity index (χ3n) is 16.6. The van der Waals surface area contributed by atoms with Gasteiger partial charge in [0.15, 0.2) is 34.0 Å². The number of aromatic nitrogens is 8. The maximum atomic E-state index is 13.0. The van der Waals surface area contributed by atoms with Crippen molar-refractivity contribution in [2.24, 2.45) is 0 Å². The van der Waals surface area contributed by atoms with E-state index in [9.17, 15) is 39.6 Å². The van der Waals surface area contributed by atoms with Crippen LogP contribution < -0.4 is 63.0 Å². The predicted molar refractivity (Wildman–Crippen MR) is 281 cm³/mol. The number of rotatable bonds is 14. The molecule has 7 aliphatic rings. The van der Waals surface area contributed by atoms with Gasteiger partial charge in [-0.05, 0) is 77.3 Å². The largest absolute Gasteiger partial charge is 0.453 e. The van der Waals surface area contributed by atoms with E-state index in [4.69, 9.17) is 39.4 Å². The van der Waals surface area contributed by atoms with E-state index in [0.29, 0.717) is 111 Å². The lowest BCUT2D eigenvalue weighted by molar-refractivity contribution is 0.0142. The van der Waals surface area contributed by atoms with E-state index < -0.39 is 60.8 Å². The Morgan fingerprint density at radius 3 is 1.32 bits per heavy atom. The fourth-order valence-electron chi connectivity index (χ4n) is 12.3. The van der Waals surface area contributed by atoms with Crippen LogP contribution in [0.3, 0.4) is 0 Å². The van der Waals surface area contributed by atoms with Crippen LogP contribution in [-0.2, 0) is 9.47 Å². The summed E-state index contributed by atoms with van der Waals surface area (Å²) in [5, 5.41) is 76.2. The number of methoxy groups -OCH3 is 2. The number of hydrogen-bond acceptors (Lipinski definition) is 22. The quantitative estimate of drug-likeness (QED) is 0.0653. The number of anilines is 4. The van der Waals surface area contributed by atoms with Crippen LogP contribution in [0.1, 0.15) is 76.3 Å². The zero-order valence-electron chi connectivity index (χ0n) is 43.7. The molecule has 12 atom stereocenters. The lowest BCUT2D eigenvalue weighted by atomic mass is 9.91. The first-order chi connectivity index (χ1) is 37.8.